The summed E-state index contributed by atoms with van der Waals surface area (Å²) >= 11 is 3.57. The largest absolute Gasteiger partial charge is 0.493 e. The van der Waals surface area contributed by atoms with Gasteiger partial charge >= 0.3 is 0 Å². The molecule has 0 saturated carbocycles. The Labute approximate surface area is 127 Å². The molecule has 104 valence electrons. The Morgan fingerprint density at radius 1 is 1.30 bits per heavy atom. The molecule has 0 aromatic heterocycles. The van der Waals surface area contributed by atoms with E-state index in [-0.39, 0.29) is 6.04 Å². The molecule has 3 N–H and O–H groups in total. The van der Waals surface area contributed by atoms with Crippen LogP contribution in [0.5, 0.6) is 5.75 Å². The van der Waals surface area contributed by atoms with Gasteiger partial charge in [0.1, 0.15) is 5.75 Å². The van der Waals surface area contributed by atoms with E-state index in [2.05, 4.69) is 33.4 Å². The maximum absolute atomic E-state index is 5.92. The predicted octanol–water partition coefficient (Wildman–Crippen LogP) is 4.28. The standard InChI is InChI=1S/C16H17BrN2O/c1-10-8-15(12(17)9-13(10)18)19-14-6-7-20-16-5-3-2-4-11(14)16/h2-5,8-9,14,19H,6-7,18H2,1H3. The summed E-state index contributed by atoms with van der Waals surface area (Å²) in [5.41, 5.74) is 10.1. The van der Waals surface area contributed by atoms with E-state index in [1.54, 1.807) is 0 Å². The zero-order valence-corrected chi connectivity index (χ0v) is 12.9. The first kappa shape index (κ1) is 13.3. The molecular weight excluding hydrogens is 316 g/mol. The third kappa shape index (κ3) is 2.48. The van der Waals surface area contributed by atoms with Crippen LogP contribution in [0, 0.1) is 6.92 Å². The molecule has 1 unspecified atom stereocenters. The molecular formula is C16H17BrN2O. The highest BCUT2D eigenvalue weighted by Crippen LogP contribution is 2.36. The minimum atomic E-state index is 0.263. The number of rotatable bonds is 2. The normalized spacial score (nSPS) is 17.2. The molecule has 3 rings (SSSR count). The summed E-state index contributed by atoms with van der Waals surface area (Å²) in [6, 6.07) is 12.5. The molecule has 0 spiro atoms. The molecule has 20 heavy (non-hydrogen) atoms. The van der Waals surface area contributed by atoms with E-state index in [0.29, 0.717) is 0 Å². The highest BCUT2D eigenvalue weighted by molar-refractivity contribution is 9.10. The average molecular weight is 333 g/mol. The second kappa shape index (κ2) is 5.37. The maximum Gasteiger partial charge on any atom is 0.124 e. The third-order valence-corrected chi connectivity index (χ3v) is 4.30. The van der Waals surface area contributed by atoms with Gasteiger partial charge in [-0.05, 0) is 46.6 Å². The van der Waals surface area contributed by atoms with Crippen molar-refractivity contribution in [3.05, 3.63) is 52.0 Å². The number of ether oxygens (including phenoxy) is 1. The van der Waals surface area contributed by atoms with Crippen molar-refractivity contribution in [1.29, 1.82) is 0 Å². The van der Waals surface area contributed by atoms with E-state index >= 15 is 0 Å². The van der Waals surface area contributed by atoms with E-state index in [1.165, 1.54) is 5.56 Å². The molecule has 4 heteroatoms. The van der Waals surface area contributed by atoms with Crippen molar-refractivity contribution in [1.82, 2.24) is 0 Å². The Morgan fingerprint density at radius 3 is 2.95 bits per heavy atom. The van der Waals surface area contributed by atoms with Crippen LogP contribution in [0.25, 0.3) is 0 Å². The summed E-state index contributed by atoms with van der Waals surface area (Å²) < 4.78 is 6.68. The molecule has 1 aliphatic rings. The summed E-state index contributed by atoms with van der Waals surface area (Å²) in [7, 11) is 0. The van der Waals surface area contributed by atoms with Crippen LogP contribution in [0.4, 0.5) is 11.4 Å². The second-order valence-electron chi connectivity index (χ2n) is 5.06. The summed E-state index contributed by atoms with van der Waals surface area (Å²) in [6.45, 7) is 2.76. The van der Waals surface area contributed by atoms with Gasteiger partial charge in [-0.15, -0.1) is 0 Å². The Balaban J connectivity index is 1.91. The molecule has 1 heterocycles. The second-order valence-corrected chi connectivity index (χ2v) is 5.91. The van der Waals surface area contributed by atoms with Crippen LogP contribution in [0.3, 0.4) is 0 Å². The Kier molecular flexibility index (Phi) is 3.57. The number of nitrogen functional groups attached to an aromatic ring is 1. The number of anilines is 2. The molecule has 0 amide bonds. The quantitative estimate of drug-likeness (QED) is 0.807. The predicted molar refractivity (Wildman–Crippen MR) is 86.2 cm³/mol. The fourth-order valence-electron chi connectivity index (χ4n) is 2.49. The van der Waals surface area contributed by atoms with Gasteiger partial charge in [0, 0.05) is 27.8 Å². The van der Waals surface area contributed by atoms with Crippen LogP contribution in [-0.4, -0.2) is 6.61 Å². The minimum Gasteiger partial charge on any atom is -0.493 e. The number of benzene rings is 2. The molecule has 0 bridgehead atoms. The fraction of sp³-hybridized carbons (Fsp3) is 0.250. The smallest absolute Gasteiger partial charge is 0.124 e. The van der Waals surface area contributed by atoms with Crippen LogP contribution >= 0.6 is 15.9 Å². The lowest BCUT2D eigenvalue weighted by molar-refractivity contribution is 0.274. The van der Waals surface area contributed by atoms with Crippen molar-refractivity contribution in [2.75, 3.05) is 17.7 Å². The number of nitrogens with one attached hydrogen (secondary N) is 1. The van der Waals surface area contributed by atoms with Gasteiger partial charge in [0.05, 0.1) is 12.6 Å². The number of halogens is 1. The maximum atomic E-state index is 5.92. The van der Waals surface area contributed by atoms with Crippen LogP contribution < -0.4 is 15.8 Å². The van der Waals surface area contributed by atoms with Crippen LogP contribution in [-0.2, 0) is 0 Å². The third-order valence-electron chi connectivity index (χ3n) is 3.64. The number of hydrogen-bond donors (Lipinski definition) is 2. The lowest BCUT2D eigenvalue weighted by Crippen LogP contribution is -2.20. The highest BCUT2D eigenvalue weighted by Gasteiger charge is 2.21. The molecule has 2 aromatic rings. The Hall–Kier alpha value is -1.68. The summed E-state index contributed by atoms with van der Waals surface area (Å²) in [5.74, 6) is 0.972. The monoisotopic (exact) mass is 332 g/mol. The van der Waals surface area contributed by atoms with Crippen molar-refractivity contribution in [3.63, 3.8) is 0 Å². The van der Waals surface area contributed by atoms with E-state index in [1.807, 2.05) is 31.2 Å². The zero-order chi connectivity index (χ0) is 14.1. The Morgan fingerprint density at radius 2 is 2.10 bits per heavy atom. The van der Waals surface area contributed by atoms with Gasteiger partial charge in [0.25, 0.3) is 0 Å². The summed E-state index contributed by atoms with van der Waals surface area (Å²) in [6.07, 6.45) is 0.951. The van der Waals surface area contributed by atoms with Crippen molar-refractivity contribution >= 4 is 27.3 Å². The molecule has 2 aromatic carbocycles. The van der Waals surface area contributed by atoms with Gasteiger partial charge in [-0.1, -0.05) is 18.2 Å². The fourth-order valence-corrected chi connectivity index (χ4v) is 2.96. The number of aryl methyl sites for hydroxylation is 1. The lowest BCUT2D eigenvalue weighted by atomic mass is 10.00. The Bertz CT molecular complexity index is 642. The average Bonchev–Trinajstić information content (AvgIpc) is 2.45. The number of fused-ring (bicyclic) bond motifs is 1. The van der Waals surface area contributed by atoms with E-state index in [9.17, 15) is 0 Å². The van der Waals surface area contributed by atoms with Gasteiger partial charge in [-0.2, -0.15) is 0 Å². The molecule has 0 radical (unpaired) electrons. The molecule has 0 fully saturated rings. The number of hydrogen-bond acceptors (Lipinski definition) is 3. The minimum absolute atomic E-state index is 0.263. The molecule has 0 saturated heterocycles. The SMILES string of the molecule is Cc1cc(NC2CCOc3ccccc32)c(Br)cc1N. The van der Waals surface area contributed by atoms with Crippen LogP contribution in [0.15, 0.2) is 40.9 Å². The van der Waals surface area contributed by atoms with E-state index < -0.39 is 0 Å². The number of para-hydroxylation sites is 1. The van der Waals surface area contributed by atoms with Crippen molar-refractivity contribution in [2.45, 2.75) is 19.4 Å². The molecule has 3 nitrogen and oxygen atoms in total. The highest BCUT2D eigenvalue weighted by atomic mass is 79.9. The topological polar surface area (TPSA) is 47.3 Å². The first-order chi connectivity index (χ1) is 9.65. The lowest BCUT2D eigenvalue weighted by Gasteiger charge is -2.28. The van der Waals surface area contributed by atoms with E-state index in [0.717, 1.165) is 40.2 Å². The van der Waals surface area contributed by atoms with Crippen molar-refractivity contribution in [2.24, 2.45) is 0 Å². The van der Waals surface area contributed by atoms with Gasteiger partial charge in [0.15, 0.2) is 0 Å². The van der Waals surface area contributed by atoms with Gasteiger partial charge in [0.2, 0.25) is 0 Å². The summed E-state index contributed by atoms with van der Waals surface area (Å²) in [4.78, 5) is 0. The number of nitrogens with two attached hydrogens (primary N) is 1. The van der Waals surface area contributed by atoms with E-state index in [4.69, 9.17) is 10.5 Å². The van der Waals surface area contributed by atoms with Crippen molar-refractivity contribution in [3.8, 4) is 5.75 Å². The first-order valence-corrected chi connectivity index (χ1v) is 7.48. The molecule has 1 aliphatic heterocycles. The van der Waals surface area contributed by atoms with Gasteiger partial charge in [-0.25, -0.2) is 0 Å². The van der Waals surface area contributed by atoms with Crippen LogP contribution in [0.1, 0.15) is 23.6 Å². The van der Waals surface area contributed by atoms with Crippen LogP contribution in [0.2, 0.25) is 0 Å². The van der Waals surface area contributed by atoms with Gasteiger partial charge < -0.3 is 15.8 Å². The van der Waals surface area contributed by atoms with Crippen molar-refractivity contribution < 1.29 is 4.74 Å². The zero-order valence-electron chi connectivity index (χ0n) is 11.3. The van der Waals surface area contributed by atoms with Gasteiger partial charge in [-0.3, -0.25) is 0 Å². The first-order valence-electron chi connectivity index (χ1n) is 6.69. The molecule has 1 atom stereocenters. The summed E-state index contributed by atoms with van der Waals surface area (Å²) in [5, 5.41) is 3.59. The molecule has 0 aliphatic carbocycles.